The van der Waals surface area contributed by atoms with Crippen LogP contribution >= 0.6 is 15.9 Å². The number of β-amino-alcohol motifs (C(OH)–C–C–N with tert-alkyl or cyclic N) is 1. The van der Waals surface area contributed by atoms with Crippen LogP contribution in [0.15, 0.2) is 28.9 Å². The topological polar surface area (TPSA) is 56.3 Å². The number of halogens is 1. The summed E-state index contributed by atoms with van der Waals surface area (Å²) in [6.45, 7) is 0.921. The monoisotopic (exact) mass is 308 g/mol. The Morgan fingerprint density at radius 1 is 1.50 bits per heavy atom. The number of rotatable bonds is 2. The number of benzene rings is 1. The lowest BCUT2D eigenvalue weighted by Crippen LogP contribution is -2.53. The zero-order valence-corrected chi connectivity index (χ0v) is 11.3. The third-order valence-electron chi connectivity index (χ3n) is 3.29. The van der Waals surface area contributed by atoms with Gasteiger partial charge in [-0.2, -0.15) is 0 Å². The molecular formula is C13H13BrN2O2. The van der Waals surface area contributed by atoms with Gasteiger partial charge in [0.25, 0.3) is 0 Å². The molecule has 1 saturated heterocycles. The van der Waals surface area contributed by atoms with Gasteiger partial charge in [0.05, 0.1) is 12.5 Å². The third kappa shape index (κ3) is 1.93. The first-order valence-electron chi connectivity index (χ1n) is 5.85. The summed E-state index contributed by atoms with van der Waals surface area (Å²) in [5.41, 5.74) is 2.01. The highest BCUT2D eigenvalue weighted by atomic mass is 79.9. The Morgan fingerprint density at radius 3 is 3.00 bits per heavy atom. The molecule has 3 rings (SSSR count). The molecule has 0 unspecified atom stereocenters. The summed E-state index contributed by atoms with van der Waals surface area (Å²) in [5.74, 6) is 0.0666. The summed E-state index contributed by atoms with van der Waals surface area (Å²) in [5, 5.41) is 10.3. The molecule has 0 radical (unpaired) electrons. The normalized spacial score (nSPS) is 16.0. The van der Waals surface area contributed by atoms with E-state index in [-0.39, 0.29) is 12.0 Å². The molecule has 1 aliphatic rings. The van der Waals surface area contributed by atoms with E-state index in [9.17, 15) is 9.90 Å². The van der Waals surface area contributed by atoms with Gasteiger partial charge in [-0.25, -0.2) is 0 Å². The highest BCUT2D eigenvalue weighted by Gasteiger charge is 2.28. The molecule has 5 heteroatoms. The molecule has 1 amide bonds. The van der Waals surface area contributed by atoms with Crippen LogP contribution in [0.2, 0.25) is 0 Å². The fraction of sp³-hybridized carbons (Fsp3) is 0.308. The second-order valence-corrected chi connectivity index (χ2v) is 5.46. The molecule has 0 spiro atoms. The molecule has 2 aromatic rings. The number of hydrogen-bond acceptors (Lipinski definition) is 2. The van der Waals surface area contributed by atoms with E-state index >= 15 is 0 Å². The number of H-pyrrole nitrogens is 1. The van der Waals surface area contributed by atoms with Gasteiger partial charge in [0, 0.05) is 34.7 Å². The molecule has 0 atom stereocenters. The number of hydrogen-bond donors (Lipinski definition) is 2. The van der Waals surface area contributed by atoms with E-state index in [2.05, 4.69) is 20.9 Å². The number of carbonyl (C=O) groups excluding carboxylic acids is 1. The van der Waals surface area contributed by atoms with Crippen LogP contribution in [-0.4, -0.2) is 40.1 Å². The van der Waals surface area contributed by atoms with Gasteiger partial charge in [-0.05, 0) is 17.7 Å². The minimum Gasteiger partial charge on any atom is -0.389 e. The SMILES string of the molecule is O=C(Cc1c[nH]c2cccc(Br)c12)N1CC(O)C1. The Balaban J connectivity index is 1.84. The standard InChI is InChI=1S/C13H13BrN2O2/c14-10-2-1-3-11-13(10)8(5-15-11)4-12(18)16-6-9(17)7-16/h1-3,5,9,15,17H,4,6-7H2. The van der Waals surface area contributed by atoms with Crippen molar-refractivity contribution >= 4 is 32.7 Å². The van der Waals surface area contributed by atoms with Crippen molar-refractivity contribution in [1.82, 2.24) is 9.88 Å². The molecule has 4 nitrogen and oxygen atoms in total. The maximum Gasteiger partial charge on any atom is 0.227 e. The van der Waals surface area contributed by atoms with Gasteiger partial charge in [0.1, 0.15) is 0 Å². The highest BCUT2D eigenvalue weighted by Crippen LogP contribution is 2.27. The van der Waals surface area contributed by atoms with Gasteiger partial charge in [-0.1, -0.05) is 22.0 Å². The average molecular weight is 309 g/mol. The Bertz CT molecular complexity index is 602. The summed E-state index contributed by atoms with van der Waals surface area (Å²) in [6, 6.07) is 5.92. The first-order chi connectivity index (χ1) is 8.65. The lowest BCUT2D eigenvalue weighted by atomic mass is 10.1. The lowest BCUT2D eigenvalue weighted by molar-refractivity contribution is -0.140. The van der Waals surface area contributed by atoms with Crippen molar-refractivity contribution in [1.29, 1.82) is 0 Å². The predicted molar refractivity (Wildman–Crippen MR) is 72.3 cm³/mol. The van der Waals surface area contributed by atoms with Gasteiger partial charge in [-0.3, -0.25) is 4.79 Å². The molecule has 2 N–H and O–H groups in total. The summed E-state index contributed by atoms with van der Waals surface area (Å²) in [7, 11) is 0. The van der Waals surface area contributed by atoms with Crippen molar-refractivity contribution in [3.63, 3.8) is 0 Å². The van der Waals surface area contributed by atoms with Gasteiger partial charge in [0.2, 0.25) is 5.91 Å². The van der Waals surface area contributed by atoms with Gasteiger partial charge in [-0.15, -0.1) is 0 Å². The molecule has 0 bridgehead atoms. The molecule has 1 fully saturated rings. The molecular weight excluding hydrogens is 296 g/mol. The van der Waals surface area contributed by atoms with E-state index in [0.29, 0.717) is 19.5 Å². The largest absolute Gasteiger partial charge is 0.389 e. The van der Waals surface area contributed by atoms with E-state index in [1.807, 2.05) is 24.4 Å². The Morgan fingerprint density at radius 2 is 2.28 bits per heavy atom. The Hall–Kier alpha value is -1.33. The van der Waals surface area contributed by atoms with Crippen molar-refractivity contribution in [3.05, 3.63) is 34.4 Å². The average Bonchev–Trinajstić information content (AvgIpc) is 2.70. The number of aromatic nitrogens is 1. The van der Waals surface area contributed by atoms with Crippen molar-refractivity contribution in [2.75, 3.05) is 13.1 Å². The summed E-state index contributed by atoms with van der Waals surface area (Å²) in [4.78, 5) is 16.8. The number of likely N-dealkylation sites (tertiary alicyclic amines) is 1. The maximum atomic E-state index is 12.0. The number of amides is 1. The van der Waals surface area contributed by atoms with Crippen molar-refractivity contribution in [2.45, 2.75) is 12.5 Å². The second kappa shape index (κ2) is 4.40. The molecule has 0 saturated carbocycles. The minimum absolute atomic E-state index is 0.0666. The lowest BCUT2D eigenvalue weighted by Gasteiger charge is -2.35. The fourth-order valence-corrected chi connectivity index (χ4v) is 2.90. The van der Waals surface area contributed by atoms with Crippen LogP contribution in [0.25, 0.3) is 10.9 Å². The summed E-state index contributed by atoms with van der Waals surface area (Å²) < 4.78 is 0.993. The Kier molecular flexibility index (Phi) is 2.87. The van der Waals surface area contributed by atoms with Gasteiger partial charge < -0.3 is 15.0 Å². The van der Waals surface area contributed by atoms with E-state index in [1.54, 1.807) is 4.90 Å². The number of nitrogens with zero attached hydrogens (tertiary/aromatic N) is 1. The van der Waals surface area contributed by atoms with Crippen molar-refractivity contribution in [3.8, 4) is 0 Å². The van der Waals surface area contributed by atoms with Crippen LogP contribution < -0.4 is 0 Å². The third-order valence-corrected chi connectivity index (χ3v) is 3.95. The van der Waals surface area contributed by atoms with E-state index < -0.39 is 0 Å². The molecule has 0 aliphatic carbocycles. The first-order valence-corrected chi connectivity index (χ1v) is 6.65. The zero-order valence-electron chi connectivity index (χ0n) is 9.69. The number of nitrogens with one attached hydrogen (secondary N) is 1. The van der Waals surface area contributed by atoms with Crippen LogP contribution in [0.3, 0.4) is 0 Å². The van der Waals surface area contributed by atoms with Crippen LogP contribution in [-0.2, 0) is 11.2 Å². The molecule has 1 aromatic carbocycles. The first kappa shape index (κ1) is 11.7. The molecule has 1 aliphatic heterocycles. The van der Waals surface area contributed by atoms with E-state index in [0.717, 1.165) is 20.9 Å². The molecule has 2 heterocycles. The minimum atomic E-state index is -0.344. The highest BCUT2D eigenvalue weighted by molar-refractivity contribution is 9.10. The Labute approximate surface area is 113 Å². The van der Waals surface area contributed by atoms with Crippen molar-refractivity contribution in [2.24, 2.45) is 0 Å². The number of aliphatic hydroxyl groups is 1. The maximum absolute atomic E-state index is 12.0. The van der Waals surface area contributed by atoms with Crippen LogP contribution in [0.1, 0.15) is 5.56 Å². The zero-order chi connectivity index (χ0) is 12.7. The number of aliphatic hydroxyl groups excluding tert-OH is 1. The van der Waals surface area contributed by atoms with Crippen LogP contribution in [0.5, 0.6) is 0 Å². The van der Waals surface area contributed by atoms with Gasteiger partial charge in [0.15, 0.2) is 0 Å². The smallest absolute Gasteiger partial charge is 0.227 e. The van der Waals surface area contributed by atoms with Crippen molar-refractivity contribution < 1.29 is 9.90 Å². The summed E-state index contributed by atoms with van der Waals surface area (Å²) >= 11 is 3.51. The quantitative estimate of drug-likeness (QED) is 0.887. The van der Waals surface area contributed by atoms with Crippen LogP contribution in [0, 0.1) is 0 Å². The molecule has 1 aromatic heterocycles. The van der Waals surface area contributed by atoms with E-state index in [1.165, 1.54) is 0 Å². The summed E-state index contributed by atoms with van der Waals surface area (Å²) in [6.07, 6.45) is 1.91. The predicted octanol–water partition coefficient (Wildman–Crippen LogP) is 1.68. The number of carbonyl (C=O) groups is 1. The van der Waals surface area contributed by atoms with Crippen LogP contribution in [0.4, 0.5) is 0 Å². The number of aromatic amines is 1. The second-order valence-electron chi connectivity index (χ2n) is 4.61. The number of fused-ring (bicyclic) bond motifs is 1. The molecule has 18 heavy (non-hydrogen) atoms. The fourth-order valence-electron chi connectivity index (χ4n) is 2.28. The van der Waals surface area contributed by atoms with Gasteiger partial charge >= 0.3 is 0 Å². The van der Waals surface area contributed by atoms with E-state index in [4.69, 9.17) is 0 Å². The molecule has 94 valence electrons.